The SMILES string of the molecule is CN(C)CCC(=O)Nc1cc(C(F)(F)F)ccc1N. The van der Waals surface area contributed by atoms with Crippen molar-refractivity contribution in [3.63, 3.8) is 0 Å². The summed E-state index contributed by atoms with van der Waals surface area (Å²) in [6.45, 7) is 0.505. The first-order chi connectivity index (χ1) is 8.70. The molecule has 0 spiro atoms. The molecule has 1 amide bonds. The molecule has 0 bridgehead atoms. The Balaban J connectivity index is 2.80. The highest BCUT2D eigenvalue weighted by Gasteiger charge is 2.31. The van der Waals surface area contributed by atoms with Gasteiger partial charge in [0.05, 0.1) is 16.9 Å². The zero-order chi connectivity index (χ0) is 14.6. The van der Waals surface area contributed by atoms with E-state index in [4.69, 9.17) is 5.73 Å². The van der Waals surface area contributed by atoms with Crippen LogP contribution in [0.4, 0.5) is 24.5 Å². The third-order valence-electron chi connectivity index (χ3n) is 2.44. The van der Waals surface area contributed by atoms with Crippen LogP contribution in [0.15, 0.2) is 18.2 Å². The highest BCUT2D eigenvalue weighted by molar-refractivity contribution is 5.94. The van der Waals surface area contributed by atoms with Crippen LogP contribution in [0.2, 0.25) is 0 Å². The minimum atomic E-state index is -4.46. The Labute approximate surface area is 109 Å². The van der Waals surface area contributed by atoms with Gasteiger partial charge in [0.1, 0.15) is 0 Å². The molecule has 3 N–H and O–H groups in total. The molecule has 106 valence electrons. The van der Waals surface area contributed by atoms with Crippen molar-refractivity contribution < 1.29 is 18.0 Å². The van der Waals surface area contributed by atoms with Crippen LogP contribution < -0.4 is 11.1 Å². The van der Waals surface area contributed by atoms with Crippen molar-refractivity contribution in [3.8, 4) is 0 Å². The number of carbonyl (C=O) groups is 1. The molecule has 7 heteroatoms. The zero-order valence-corrected chi connectivity index (χ0v) is 10.7. The minimum absolute atomic E-state index is 0.0152. The number of nitrogens with one attached hydrogen (secondary N) is 1. The van der Waals surface area contributed by atoms with Crippen molar-refractivity contribution in [2.75, 3.05) is 31.7 Å². The fourth-order valence-corrected chi connectivity index (χ4v) is 1.38. The molecule has 1 aromatic carbocycles. The van der Waals surface area contributed by atoms with E-state index in [0.29, 0.717) is 6.54 Å². The highest BCUT2D eigenvalue weighted by Crippen LogP contribution is 2.33. The average molecular weight is 275 g/mol. The molecular formula is C12H16F3N3O. The van der Waals surface area contributed by atoms with Crippen LogP contribution in [0.3, 0.4) is 0 Å². The van der Waals surface area contributed by atoms with Gasteiger partial charge < -0.3 is 16.0 Å². The van der Waals surface area contributed by atoms with Gasteiger partial charge in [0.15, 0.2) is 0 Å². The third kappa shape index (κ3) is 4.78. The Hall–Kier alpha value is -1.76. The summed E-state index contributed by atoms with van der Waals surface area (Å²) in [5.41, 5.74) is 4.79. The lowest BCUT2D eigenvalue weighted by molar-refractivity contribution is -0.137. The Bertz CT molecular complexity index is 458. The summed E-state index contributed by atoms with van der Waals surface area (Å²) in [7, 11) is 3.60. The zero-order valence-electron chi connectivity index (χ0n) is 10.7. The van der Waals surface area contributed by atoms with E-state index >= 15 is 0 Å². The molecule has 0 aromatic heterocycles. The normalized spacial score (nSPS) is 11.7. The van der Waals surface area contributed by atoms with Crippen molar-refractivity contribution in [1.29, 1.82) is 0 Å². The lowest BCUT2D eigenvalue weighted by atomic mass is 10.1. The van der Waals surface area contributed by atoms with E-state index in [-0.39, 0.29) is 23.7 Å². The molecule has 1 aromatic rings. The second kappa shape index (κ2) is 5.92. The van der Waals surface area contributed by atoms with Crippen LogP contribution in [-0.4, -0.2) is 31.4 Å². The van der Waals surface area contributed by atoms with Gasteiger partial charge in [-0.05, 0) is 32.3 Å². The number of nitrogens with zero attached hydrogens (tertiary/aromatic N) is 1. The van der Waals surface area contributed by atoms with E-state index in [1.54, 1.807) is 19.0 Å². The fraction of sp³-hybridized carbons (Fsp3) is 0.417. The summed E-state index contributed by atoms with van der Waals surface area (Å²) in [5, 5.41) is 2.39. The molecule has 0 saturated heterocycles. The van der Waals surface area contributed by atoms with Crippen LogP contribution in [0.25, 0.3) is 0 Å². The number of hydrogen-bond donors (Lipinski definition) is 2. The van der Waals surface area contributed by atoms with E-state index in [2.05, 4.69) is 5.32 Å². The lowest BCUT2D eigenvalue weighted by Crippen LogP contribution is -2.21. The summed E-state index contributed by atoms with van der Waals surface area (Å²) in [5.74, 6) is -0.375. The summed E-state index contributed by atoms with van der Waals surface area (Å²) in [6.07, 6.45) is -4.28. The van der Waals surface area contributed by atoms with Crippen molar-refractivity contribution in [1.82, 2.24) is 4.90 Å². The van der Waals surface area contributed by atoms with E-state index in [1.165, 1.54) is 0 Å². The predicted octanol–water partition coefficient (Wildman–Crippen LogP) is 2.18. The number of nitrogens with two attached hydrogens (primary N) is 1. The number of halogens is 3. The van der Waals surface area contributed by atoms with Crippen molar-refractivity contribution in [2.45, 2.75) is 12.6 Å². The van der Waals surface area contributed by atoms with E-state index in [0.717, 1.165) is 18.2 Å². The maximum atomic E-state index is 12.5. The second-order valence-corrected chi connectivity index (χ2v) is 4.40. The third-order valence-corrected chi connectivity index (χ3v) is 2.44. The Morgan fingerprint density at radius 3 is 2.53 bits per heavy atom. The van der Waals surface area contributed by atoms with Crippen LogP contribution in [0, 0.1) is 0 Å². The first-order valence-electron chi connectivity index (χ1n) is 5.61. The molecule has 19 heavy (non-hydrogen) atoms. The quantitative estimate of drug-likeness (QED) is 0.828. The smallest absolute Gasteiger partial charge is 0.397 e. The van der Waals surface area contributed by atoms with Gasteiger partial charge in [0.25, 0.3) is 0 Å². The number of anilines is 2. The van der Waals surface area contributed by atoms with E-state index in [1.807, 2.05) is 0 Å². The molecule has 0 atom stereocenters. The number of alkyl halides is 3. The van der Waals surface area contributed by atoms with Gasteiger partial charge in [-0.25, -0.2) is 0 Å². The first-order valence-corrected chi connectivity index (χ1v) is 5.61. The number of benzene rings is 1. The molecule has 0 aliphatic carbocycles. The maximum Gasteiger partial charge on any atom is 0.416 e. The highest BCUT2D eigenvalue weighted by atomic mass is 19.4. The number of nitrogen functional groups attached to an aromatic ring is 1. The van der Waals surface area contributed by atoms with Gasteiger partial charge in [-0.1, -0.05) is 0 Å². The van der Waals surface area contributed by atoms with Gasteiger partial charge in [0.2, 0.25) is 5.91 Å². The fourth-order valence-electron chi connectivity index (χ4n) is 1.38. The summed E-state index contributed by atoms with van der Waals surface area (Å²) >= 11 is 0. The maximum absolute atomic E-state index is 12.5. The number of rotatable bonds is 4. The summed E-state index contributed by atoms with van der Waals surface area (Å²) < 4.78 is 37.6. The van der Waals surface area contributed by atoms with Gasteiger partial charge in [-0.2, -0.15) is 13.2 Å². The van der Waals surface area contributed by atoms with Crippen molar-refractivity contribution in [2.24, 2.45) is 0 Å². The largest absolute Gasteiger partial charge is 0.416 e. The summed E-state index contributed by atoms with van der Waals surface area (Å²) in [6, 6.07) is 2.85. The molecule has 0 heterocycles. The second-order valence-electron chi connectivity index (χ2n) is 4.40. The van der Waals surface area contributed by atoms with Crippen molar-refractivity contribution >= 4 is 17.3 Å². The lowest BCUT2D eigenvalue weighted by Gasteiger charge is -2.13. The topological polar surface area (TPSA) is 58.4 Å². The molecule has 0 radical (unpaired) electrons. The molecule has 0 saturated carbocycles. The first kappa shape index (κ1) is 15.3. The molecule has 0 aliphatic heterocycles. The monoisotopic (exact) mass is 275 g/mol. The van der Waals surface area contributed by atoms with Crippen LogP contribution in [-0.2, 0) is 11.0 Å². The number of carbonyl (C=O) groups excluding carboxylic acids is 1. The molecular weight excluding hydrogens is 259 g/mol. The molecule has 4 nitrogen and oxygen atoms in total. The van der Waals surface area contributed by atoms with E-state index in [9.17, 15) is 18.0 Å². The van der Waals surface area contributed by atoms with Gasteiger partial charge in [0, 0.05) is 13.0 Å². The molecule has 0 fully saturated rings. The Kier molecular flexibility index (Phi) is 4.77. The van der Waals surface area contributed by atoms with Gasteiger partial charge in [-0.3, -0.25) is 4.79 Å². The molecule has 0 aliphatic rings. The predicted molar refractivity (Wildman–Crippen MR) is 67.7 cm³/mol. The van der Waals surface area contributed by atoms with Crippen LogP contribution in [0.5, 0.6) is 0 Å². The van der Waals surface area contributed by atoms with Gasteiger partial charge >= 0.3 is 6.18 Å². The van der Waals surface area contributed by atoms with Gasteiger partial charge in [-0.15, -0.1) is 0 Å². The Morgan fingerprint density at radius 1 is 1.37 bits per heavy atom. The minimum Gasteiger partial charge on any atom is -0.397 e. The van der Waals surface area contributed by atoms with Crippen LogP contribution in [0.1, 0.15) is 12.0 Å². The number of amides is 1. The molecule has 1 rings (SSSR count). The van der Waals surface area contributed by atoms with Crippen LogP contribution >= 0.6 is 0 Å². The van der Waals surface area contributed by atoms with E-state index < -0.39 is 11.7 Å². The Morgan fingerprint density at radius 2 is 2.00 bits per heavy atom. The van der Waals surface area contributed by atoms with Crippen molar-refractivity contribution in [3.05, 3.63) is 23.8 Å². The molecule has 0 unspecified atom stereocenters. The summed E-state index contributed by atoms with van der Waals surface area (Å²) in [4.78, 5) is 13.4. The average Bonchev–Trinajstić information content (AvgIpc) is 2.28. The number of hydrogen-bond acceptors (Lipinski definition) is 3. The standard InChI is InChI=1S/C12H16F3N3O/c1-18(2)6-5-11(19)17-10-7-8(12(13,14)15)3-4-9(10)16/h3-4,7H,5-6,16H2,1-2H3,(H,17,19).